The number of nitrogens with zero attached hydrogens (tertiary/aromatic N) is 1. The average molecular weight is 403 g/mol. The highest BCUT2D eigenvalue weighted by Crippen LogP contribution is 2.22. The molecule has 0 bridgehead atoms. The van der Waals surface area contributed by atoms with Crippen molar-refractivity contribution >= 4 is 40.8 Å². The zero-order chi connectivity index (χ0) is 21.6. The number of hydrogen-bond acceptors (Lipinski definition) is 6. The van der Waals surface area contributed by atoms with Crippen LogP contribution in [0.2, 0.25) is 0 Å². The first kappa shape index (κ1) is 21.8. The summed E-state index contributed by atoms with van der Waals surface area (Å²) in [6, 6.07) is 5.88. The van der Waals surface area contributed by atoms with Gasteiger partial charge in [0, 0.05) is 30.3 Å². The number of hydrogen-bond donors (Lipinski definition) is 4. The molecule has 5 N–H and O–H groups in total. The summed E-state index contributed by atoms with van der Waals surface area (Å²) < 4.78 is 1.56. The monoisotopic (exact) mass is 403 g/mol. The van der Waals surface area contributed by atoms with Gasteiger partial charge in [-0.2, -0.15) is 0 Å². The van der Waals surface area contributed by atoms with Gasteiger partial charge in [-0.1, -0.05) is 18.2 Å². The van der Waals surface area contributed by atoms with Crippen molar-refractivity contribution in [2.45, 2.75) is 37.9 Å². The molecule has 29 heavy (non-hydrogen) atoms. The van der Waals surface area contributed by atoms with E-state index in [-0.39, 0.29) is 18.7 Å². The second-order valence-electron chi connectivity index (χ2n) is 6.42. The van der Waals surface area contributed by atoms with Crippen LogP contribution in [-0.4, -0.2) is 56.8 Å². The molecule has 0 fully saturated rings. The molecule has 0 spiro atoms. The van der Waals surface area contributed by atoms with Crippen LogP contribution in [0, 0.1) is 0 Å². The number of amides is 1. The van der Waals surface area contributed by atoms with Crippen LogP contribution < -0.4 is 11.1 Å². The van der Waals surface area contributed by atoms with Gasteiger partial charge in [-0.25, -0.2) is 4.79 Å². The molecule has 2 aromatic rings. The molecule has 2 atom stereocenters. The predicted molar refractivity (Wildman–Crippen MR) is 101 cm³/mol. The third kappa shape index (κ3) is 5.48. The summed E-state index contributed by atoms with van der Waals surface area (Å²) in [4.78, 5) is 57.4. The van der Waals surface area contributed by atoms with Gasteiger partial charge in [0.2, 0.25) is 5.91 Å². The van der Waals surface area contributed by atoms with Crippen molar-refractivity contribution in [1.82, 2.24) is 9.88 Å². The lowest BCUT2D eigenvalue weighted by molar-refractivity contribution is -0.142. The molecule has 0 saturated carbocycles. The predicted octanol–water partition coefficient (Wildman–Crippen LogP) is 0.175. The summed E-state index contributed by atoms with van der Waals surface area (Å²) in [7, 11) is 0. The molecule has 1 aromatic heterocycles. The lowest BCUT2D eigenvalue weighted by atomic mass is 10.1. The van der Waals surface area contributed by atoms with Crippen LogP contribution in [0.15, 0.2) is 30.3 Å². The van der Waals surface area contributed by atoms with E-state index in [1.807, 2.05) is 0 Å². The van der Waals surface area contributed by atoms with E-state index < -0.39 is 48.6 Å². The normalized spacial score (nSPS) is 12.9. The Labute approximate surface area is 165 Å². The summed E-state index contributed by atoms with van der Waals surface area (Å²) in [5.41, 5.74) is 6.63. The maximum atomic E-state index is 12.7. The Hall–Kier alpha value is -3.53. The Bertz CT molecular complexity index is 950. The van der Waals surface area contributed by atoms with E-state index >= 15 is 0 Å². The third-order valence-electron chi connectivity index (χ3n) is 4.33. The molecular weight excluding hydrogens is 382 g/mol. The quantitative estimate of drug-likeness (QED) is 0.304. The van der Waals surface area contributed by atoms with E-state index in [0.717, 1.165) is 5.39 Å². The number of carbonyl (C=O) groups is 5. The highest BCUT2D eigenvalue weighted by molar-refractivity contribution is 6.02. The van der Waals surface area contributed by atoms with Crippen molar-refractivity contribution in [1.29, 1.82) is 0 Å². The summed E-state index contributed by atoms with van der Waals surface area (Å²) >= 11 is 0. The average Bonchev–Trinajstić information content (AvgIpc) is 3.04. The molecule has 0 radical (unpaired) electrons. The van der Waals surface area contributed by atoms with Gasteiger partial charge in [0.25, 0.3) is 0 Å². The minimum Gasteiger partial charge on any atom is -0.481 e. The molecule has 10 heteroatoms. The van der Waals surface area contributed by atoms with Crippen LogP contribution in [0.1, 0.15) is 29.8 Å². The van der Waals surface area contributed by atoms with Crippen molar-refractivity contribution in [3.05, 3.63) is 36.0 Å². The Morgan fingerprint density at radius 2 is 1.86 bits per heavy atom. The van der Waals surface area contributed by atoms with Crippen molar-refractivity contribution in [3.63, 3.8) is 0 Å². The lowest BCUT2D eigenvalue weighted by Gasteiger charge is -2.16. The Balaban J connectivity index is 2.19. The maximum Gasteiger partial charge on any atom is 0.326 e. The van der Waals surface area contributed by atoms with Crippen molar-refractivity contribution in [2.24, 2.45) is 5.73 Å². The third-order valence-corrected chi connectivity index (χ3v) is 4.33. The highest BCUT2D eigenvalue weighted by Gasteiger charge is 2.26. The number of ketones is 1. The number of fused-ring (bicyclic) bond motifs is 1. The number of aromatic nitrogens is 1. The van der Waals surface area contributed by atoms with Gasteiger partial charge in [0.05, 0.1) is 18.2 Å². The number of benzene rings is 1. The Morgan fingerprint density at radius 3 is 2.48 bits per heavy atom. The number of carboxylic acid groups (broad SMARTS) is 2. The van der Waals surface area contributed by atoms with Crippen LogP contribution >= 0.6 is 0 Å². The van der Waals surface area contributed by atoms with E-state index in [0.29, 0.717) is 11.8 Å². The first-order valence-corrected chi connectivity index (χ1v) is 8.80. The Morgan fingerprint density at radius 1 is 1.17 bits per heavy atom. The van der Waals surface area contributed by atoms with Gasteiger partial charge in [-0.05, 0) is 12.1 Å². The number of carboxylic acids is 2. The van der Waals surface area contributed by atoms with Gasteiger partial charge in [0.15, 0.2) is 5.78 Å². The SMILES string of the molecule is NC(CC(=O)c1cc2ccccc2n1CCC(=O)O)C(=O)NC(CC=O)C(=O)O. The van der Waals surface area contributed by atoms with E-state index in [1.165, 1.54) is 0 Å². The fourth-order valence-corrected chi connectivity index (χ4v) is 2.88. The number of nitrogens with one attached hydrogen (secondary N) is 1. The zero-order valence-corrected chi connectivity index (χ0v) is 15.4. The molecule has 0 aliphatic carbocycles. The first-order valence-electron chi connectivity index (χ1n) is 8.80. The smallest absolute Gasteiger partial charge is 0.326 e. The van der Waals surface area contributed by atoms with Crippen molar-refractivity contribution in [3.8, 4) is 0 Å². The maximum absolute atomic E-state index is 12.7. The largest absolute Gasteiger partial charge is 0.481 e. The number of aldehydes is 1. The van der Waals surface area contributed by atoms with Crippen LogP contribution in [-0.2, 0) is 25.7 Å². The molecule has 0 aliphatic heterocycles. The van der Waals surface area contributed by atoms with E-state index in [9.17, 15) is 24.0 Å². The van der Waals surface area contributed by atoms with E-state index in [4.69, 9.17) is 15.9 Å². The minimum atomic E-state index is -1.43. The molecule has 2 unspecified atom stereocenters. The van der Waals surface area contributed by atoms with Crippen molar-refractivity contribution < 1.29 is 34.2 Å². The highest BCUT2D eigenvalue weighted by atomic mass is 16.4. The minimum absolute atomic E-state index is 0.0613. The van der Waals surface area contributed by atoms with Gasteiger partial charge in [0.1, 0.15) is 12.3 Å². The van der Waals surface area contributed by atoms with Crippen molar-refractivity contribution in [2.75, 3.05) is 0 Å². The van der Waals surface area contributed by atoms with Crippen LogP contribution in [0.25, 0.3) is 10.9 Å². The van der Waals surface area contributed by atoms with Gasteiger partial charge >= 0.3 is 11.9 Å². The molecule has 154 valence electrons. The Kier molecular flexibility index (Phi) is 7.21. The summed E-state index contributed by atoms with van der Waals surface area (Å²) in [6.45, 7) is 0.0613. The summed E-state index contributed by atoms with van der Waals surface area (Å²) in [6.07, 6.45) is -0.679. The second kappa shape index (κ2) is 9.60. The number of aryl methyl sites for hydroxylation is 1. The number of aliphatic carboxylic acids is 2. The number of rotatable bonds is 11. The molecule has 1 aromatic carbocycles. The number of para-hydroxylation sites is 1. The topological polar surface area (TPSA) is 169 Å². The van der Waals surface area contributed by atoms with Crippen LogP contribution in [0.4, 0.5) is 0 Å². The standard InChI is InChI=1S/C19H21N3O7/c20-12(18(27)21-13(6-8-23)19(28)29)10-16(24)15-9-11-3-1-2-4-14(11)22(15)7-5-17(25)26/h1-4,8-9,12-13H,5-7,10,20H2,(H,21,27)(H,25,26)(H,28,29). The zero-order valence-electron chi connectivity index (χ0n) is 15.4. The fourth-order valence-electron chi connectivity index (χ4n) is 2.88. The molecule has 0 aliphatic rings. The van der Waals surface area contributed by atoms with Crippen LogP contribution in [0.5, 0.6) is 0 Å². The molecule has 0 saturated heterocycles. The first-order chi connectivity index (χ1) is 13.7. The summed E-state index contributed by atoms with van der Waals surface area (Å²) in [5.74, 6) is -3.78. The van der Waals surface area contributed by atoms with Gasteiger partial charge in [-0.15, -0.1) is 0 Å². The number of Topliss-reactive ketones (excluding diaryl/α,β-unsaturated/α-hetero) is 1. The molecular formula is C19H21N3O7. The molecule has 2 rings (SSSR count). The van der Waals surface area contributed by atoms with Crippen LogP contribution in [0.3, 0.4) is 0 Å². The lowest BCUT2D eigenvalue weighted by Crippen LogP contribution is -2.49. The van der Waals surface area contributed by atoms with Gasteiger partial charge < -0.3 is 30.6 Å². The van der Waals surface area contributed by atoms with Gasteiger partial charge in [-0.3, -0.25) is 14.4 Å². The second-order valence-corrected chi connectivity index (χ2v) is 6.42. The molecule has 10 nitrogen and oxygen atoms in total. The molecule has 1 amide bonds. The fraction of sp³-hybridized carbons (Fsp3) is 0.316. The molecule has 1 heterocycles. The van der Waals surface area contributed by atoms with E-state index in [2.05, 4.69) is 5.32 Å². The number of carbonyl (C=O) groups excluding carboxylic acids is 3. The number of nitrogens with two attached hydrogens (primary N) is 1. The summed E-state index contributed by atoms with van der Waals surface area (Å²) in [5, 5.41) is 20.8. The van der Waals surface area contributed by atoms with E-state index in [1.54, 1.807) is 34.9 Å².